The molecule has 0 aliphatic carbocycles. The van der Waals surface area contributed by atoms with Gasteiger partial charge < -0.3 is 31.1 Å². The zero-order valence-corrected chi connectivity index (χ0v) is 10.8. The molecule has 0 fully saturated rings. The van der Waals surface area contributed by atoms with Crippen LogP contribution in [0, 0.1) is 0 Å². The maximum atomic E-state index is 9.12. The average Bonchev–Trinajstić information content (AvgIpc) is 2.84. The Kier molecular flexibility index (Phi) is 4.08. The van der Waals surface area contributed by atoms with Crippen molar-refractivity contribution in [3.05, 3.63) is 12.1 Å². The number of benzene rings is 1. The Balaban J connectivity index is 2.52. The van der Waals surface area contributed by atoms with Crippen molar-refractivity contribution in [2.24, 2.45) is 0 Å². The van der Waals surface area contributed by atoms with Gasteiger partial charge in [-0.1, -0.05) is 0 Å². The number of hydrogen-bond acceptors (Lipinski definition) is 6. The van der Waals surface area contributed by atoms with E-state index < -0.39 is 0 Å². The van der Waals surface area contributed by atoms with Crippen LogP contribution in [0.15, 0.2) is 12.1 Å². The normalized spacial score (nSPS) is 10.9. The molecule has 0 atom stereocenters. The number of aliphatic hydroxyl groups excluding tert-OH is 2. The highest BCUT2D eigenvalue weighted by Crippen LogP contribution is 2.30. The van der Waals surface area contributed by atoms with Crippen molar-refractivity contribution in [3.63, 3.8) is 0 Å². The van der Waals surface area contributed by atoms with Gasteiger partial charge >= 0.3 is 0 Å². The molecule has 7 nitrogen and oxygen atoms in total. The molecule has 0 radical (unpaired) electrons. The standard InChI is InChI=1S/C12H19N5O2/c1-14-12-15-10-8(13)2-3-9(11(10)16-12)17(4-6-18)5-7-19/h2-3,18-19H,4-7,13H2,1H3,(H2,14,15,16). The molecular formula is C12H19N5O2. The fraction of sp³-hybridized carbons (Fsp3) is 0.417. The third kappa shape index (κ3) is 2.56. The molecule has 0 unspecified atom stereocenters. The Bertz CT molecular complexity index is 548. The van der Waals surface area contributed by atoms with Crippen LogP contribution in [-0.4, -0.2) is 53.5 Å². The summed E-state index contributed by atoms with van der Waals surface area (Å²) in [4.78, 5) is 9.38. The molecule has 2 aromatic rings. The van der Waals surface area contributed by atoms with Gasteiger partial charge in [-0.3, -0.25) is 0 Å². The van der Waals surface area contributed by atoms with Crippen molar-refractivity contribution >= 4 is 28.4 Å². The number of imidazole rings is 1. The SMILES string of the molecule is CNc1nc2c(N)ccc(N(CCO)CCO)c2[nH]1. The first-order chi connectivity index (χ1) is 9.21. The number of aliphatic hydroxyl groups is 2. The van der Waals surface area contributed by atoms with E-state index in [1.54, 1.807) is 13.1 Å². The van der Waals surface area contributed by atoms with E-state index in [4.69, 9.17) is 15.9 Å². The summed E-state index contributed by atoms with van der Waals surface area (Å²) in [5, 5.41) is 21.2. The summed E-state index contributed by atoms with van der Waals surface area (Å²) < 4.78 is 0. The lowest BCUT2D eigenvalue weighted by molar-refractivity contribution is 0.281. The number of anilines is 3. The Morgan fingerprint density at radius 3 is 2.58 bits per heavy atom. The van der Waals surface area contributed by atoms with Crippen LogP contribution < -0.4 is 16.0 Å². The number of fused-ring (bicyclic) bond motifs is 1. The lowest BCUT2D eigenvalue weighted by atomic mass is 10.2. The molecule has 2 rings (SSSR count). The first-order valence-corrected chi connectivity index (χ1v) is 6.14. The van der Waals surface area contributed by atoms with Crippen LogP contribution in [-0.2, 0) is 0 Å². The third-order valence-corrected chi connectivity index (χ3v) is 2.97. The van der Waals surface area contributed by atoms with E-state index in [0.29, 0.717) is 30.2 Å². The smallest absolute Gasteiger partial charge is 0.201 e. The largest absolute Gasteiger partial charge is 0.397 e. The fourth-order valence-electron chi connectivity index (χ4n) is 2.07. The van der Waals surface area contributed by atoms with Crippen LogP contribution in [0.3, 0.4) is 0 Å². The second kappa shape index (κ2) is 5.77. The van der Waals surface area contributed by atoms with E-state index in [2.05, 4.69) is 15.3 Å². The van der Waals surface area contributed by atoms with Crippen molar-refractivity contribution in [2.75, 3.05) is 49.3 Å². The van der Waals surface area contributed by atoms with Gasteiger partial charge in [0.15, 0.2) is 0 Å². The predicted octanol–water partition coefficient (Wildman–Crippen LogP) is -0.0222. The molecule has 1 aromatic carbocycles. The monoisotopic (exact) mass is 265 g/mol. The highest BCUT2D eigenvalue weighted by atomic mass is 16.3. The van der Waals surface area contributed by atoms with E-state index in [9.17, 15) is 0 Å². The minimum absolute atomic E-state index is 0.0128. The molecule has 0 bridgehead atoms. The summed E-state index contributed by atoms with van der Waals surface area (Å²) in [5.41, 5.74) is 8.84. The van der Waals surface area contributed by atoms with Gasteiger partial charge in [0.2, 0.25) is 5.95 Å². The van der Waals surface area contributed by atoms with E-state index in [0.717, 1.165) is 11.2 Å². The number of rotatable bonds is 6. The Labute approximate surface area is 111 Å². The third-order valence-electron chi connectivity index (χ3n) is 2.97. The van der Waals surface area contributed by atoms with Crippen LogP contribution in [0.4, 0.5) is 17.3 Å². The molecule has 7 heteroatoms. The summed E-state index contributed by atoms with van der Waals surface area (Å²) in [5.74, 6) is 0.627. The van der Waals surface area contributed by atoms with Gasteiger partial charge in [0.05, 0.1) is 30.1 Å². The van der Waals surface area contributed by atoms with Crippen molar-refractivity contribution in [3.8, 4) is 0 Å². The van der Waals surface area contributed by atoms with Gasteiger partial charge in [-0.15, -0.1) is 0 Å². The molecule has 1 aromatic heterocycles. The first kappa shape index (κ1) is 13.4. The van der Waals surface area contributed by atoms with Crippen LogP contribution in [0.2, 0.25) is 0 Å². The predicted molar refractivity (Wildman–Crippen MR) is 76.4 cm³/mol. The first-order valence-electron chi connectivity index (χ1n) is 6.14. The zero-order chi connectivity index (χ0) is 13.8. The number of H-pyrrole nitrogens is 1. The van der Waals surface area contributed by atoms with Crippen LogP contribution in [0.1, 0.15) is 0 Å². The second-order valence-electron chi connectivity index (χ2n) is 4.17. The lowest BCUT2D eigenvalue weighted by Crippen LogP contribution is -2.29. The molecule has 19 heavy (non-hydrogen) atoms. The summed E-state index contributed by atoms with van der Waals surface area (Å²) in [6, 6.07) is 3.64. The van der Waals surface area contributed by atoms with Gasteiger partial charge in [0.25, 0.3) is 0 Å². The van der Waals surface area contributed by atoms with E-state index in [-0.39, 0.29) is 13.2 Å². The quantitative estimate of drug-likeness (QED) is 0.469. The number of nitrogens with two attached hydrogens (primary N) is 1. The molecule has 6 N–H and O–H groups in total. The summed E-state index contributed by atoms with van der Waals surface area (Å²) in [6.07, 6.45) is 0. The fourth-order valence-corrected chi connectivity index (χ4v) is 2.07. The van der Waals surface area contributed by atoms with E-state index in [1.807, 2.05) is 11.0 Å². The molecule has 104 valence electrons. The summed E-state index contributed by atoms with van der Waals surface area (Å²) in [6.45, 7) is 0.902. The van der Waals surface area contributed by atoms with Gasteiger partial charge in [-0.2, -0.15) is 0 Å². The van der Waals surface area contributed by atoms with Crippen LogP contribution >= 0.6 is 0 Å². The topological polar surface area (TPSA) is 110 Å². The Morgan fingerprint density at radius 2 is 2.00 bits per heavy atom. The van der Waals surface area contributed by atoms with Gasteiger partial charge in [0, 0.05) is 20.1 Å². The maximum Gasteiger partial charge on any atom is 0.201 e. The Morgan fingerprint density at radius 1 is 1.32 bits per heavy atom. The number of nitrogens with one attached hydrogen (secondary N) is 2. The summed E-state index contributed by atoms with van der Waals surface area (Å²) >= 11 is 0. The molecule has 0 saturated carbocycles. The number of hydrogen-bond donors (Lipinski definition) is 5. The number of nitrogen functional groups attached to an aromatic ring is 1. The lowest BCUT2D eigenvalue weighted by Gasteiger charge is -2.23. The molecule has 0 aliphatic heterocycles. The molecule has 1 heterocycles. The second-order valence-corrected chi connectivity index (χ2v) is 4.17. The molecule has 0 amide bonds. The van der Waals surface area contributed by atoms with Gasteiger partial charge in [-0.25, -0.2) is 4.98 Å². The van der Waals surface area contributed by atoms with Gasteiger partial charge in [-0.05, 0) is 12.1 Å². The zero-order valence-electron chi connectivity index (χ0n) is 10.8. The molecule has 0 saturated heterocycles. The van der Waals surface area contributed by atoms with E-state index in [1.165, 1.54) is 0 Å². The minimum Gasteiger partial charge on any atom is -0.397 e. The van der Waals surface area contributed by atoms with Crippen LogP contribution in [0.5, 0.6) is 0 Å². The summed E-state index contributed by atoms with van der Waals surface area (Å²) in [7, 11) is 1.77. The molecule has 0 aliphatic rings. The molecule has 0 spiro atoms. The number of aromatic nitrogens is 2. The van der Waals surface area contributed by atoms with Crippen molar-refractivity contribution < 1.29 is 10.2 Å². The Hall–Kier alpha value is -1.99. The van der Waals surface area contributed by atoms with Crippen molar-refractivity contribution in [2.45, 2.75) is 0 Å². The molecular weight excluding hydrogens is 246 g/mol. The van der Waals surface area contributed by atoms with Crippen molar-refractivity contribution in [1.29, 1.82) is 0 Å². The minimum atomic E-state index is 0.0128. The highest BCUT2D eigenvalue weighted by molar-refractivity contribution is 5.97. The number of aromatic amines is 1. The van der Waals surface area contributed by atoms with E-state index >= 15 is 0 Å². The van der Waals surface area contributed by atoms with Gasteiger partial charge in [0.1, 0.15) is 5.52 Å². The maximum absolute atomic E-state index is 9.12. The number of nitrogens with zero attached hydrogens (tertiary/aromatic N) is 2. The average molecular weight is 265 g/mol. The van der Waals surface area contributed by atoms with Crippen molar-refractivity contribution in [1.82, 2.24) is 9.97 Å². The van der Waals surface area contributed by atoms with Crippen LogP contribution in [0.25, 0.3) is 11.0 Å². The highest BCUT2D eigenvalue weighted by Gasteiger charge is 2.14.